The standard InChI is InChI=1S/C31H32N2O3S/c1-22-11-8-9-16-28(22)29(26-14-6-5-7-15-26)32-31(34)27-19-17-25(18-20-27)21-33(37(4,35)36)30-23(2)12-10-13-24(30)3/h5-20,29H,21H2,1-4H3,(H,32,34)/t29-/m1/s1. The monoisotopic (exact) mass is 512 g/mol. The molecular formula is C31H32N2O3S. The summed E-state index contributed by atoms with van der Waals surface area (Å²) in [4.78, 5) is 13.3. The summed E-state index contributed by atoms with van der Waals surface area (Å²) in [6.45, 7) is 6.04. The summed E-state index contributed by atoms with van der Waals surface area (Å²) in [5.74, 6) is -0.196. The first-order chi connectivity index (χ1) is 17.6. The van der Waals surface area contributed by atoms with Crippen molar-refractivity contribution in [2.24, 2.45) is 0 Å². The topological polar surface area (TPSA) is 66.5 Å². The summed E-state index contributed by atoms with van der Waals surface area (Å²) in [6.07, 6.45) is 1.22. The number of hydrogen-bond acceptors (Lipinski definition) is 3. The second-order valence-electron chi connectivity index (χ2n) is 9.38. The SMILES string of the molecule is Cc1ccccc1[C@H](NC(=O)c1ccc(CN(c2c(C)cccc2C)S(C)(=O)=O)cc1)c1ccccc1. The zero-order valence-corrected chi connectivity index (χ0v) is 22.4. The van der Waals surface area contributed by atoms with Crippen LogP contribution in [-0.2, 0) is 16.6 Å². The summed E-state index contributed by atoms with van der Waals surface area (Å²) >= 11 is 0. The molecule has 4 aromatic rings. The van der Waals surface area contributed by atoms with Gasteiger partial charge in [0.25, 0.3) is 5.91 Å². The maximum Gasteiger partial charge on any atom is 0.252 e. The molecule has 0 bridgehead atoms. The summed E-state index contributed by atoms with van der Waals surface area (Å²) < 4.78 is 26.8. The van der Waals surface area contributed by atoms with Gasteiger partial charge in [-0.2, -0.15) is 0 Å². The Labute approximate surface area is 219 Å². The van der Waals surface area contributed by atoms with Gasteiger partial charge in [-0.3, -0.25) is 9.10 Å². The van der Waals surface area contributed by atoms with E-state index in [0.717, 1.165) is 33.4 Å². The average molecular weight is 513 g/mol. The highest BCUT2D eigenvalue weighted by Crippen LogP contribution is 2.29. The van der Waals surface area contributed by atoms with E-state index < -0.39 is 10.0 Å². The normalized spacial score (nSPS) is 12.1. The molecule has 190 valence electrons. The summed E-state index contributed by atoms with van der Waals surface area (Å²) in [5, 5.41) is 3.19. The van der Waals surface area contributed by atoms with Gasteiger partial charge in [0, 0.05) is 5.56 Å². The molecule has 0 spiro atoms. The van der Waals surface area contributed by atoms with Crippen molar-refractivity contribution < 1.29 is 13.2 Å². The zero-order valence-electron chi connectivity index (χ0n) is 21.6. The molecule has 1 N–H and O–H groups in total. The number of benzene rings is 4. The van der Waals surface area contributed by atoms with Crippen molar-refractivity contribution in [1.82, 2.24) is 5.32 Å². The average Bonchev–Trinajstić information content (AvgIpc) is 2.87. The fraction of sp³-hybridized carbons (Fsp3) is 0.194. The molecule has 4 rings (SSSR count). The van der Waals surface area contributed by atoms with Crippen LogP contribution in [0.3, 0.4) is 0 Å². The Morgan fingerprint density at radius 1 is 0.757 bits per heavy atom. The van der Waals surface area contributed by atoms with Crippen LogP contribution in [0.25, 0.3) is 0 Å². The number of carbonyl (C=O) groups is 1. The first-order valence-electron chi connectivity index (χ1n) is 12.2. The van der Waals surface area contributed by atoms with Gasteiger partial charge in [-0.15, -0.1) is 0 Å². The van der Waals surface area contributed by atoms with Gasteiger partial charge in [-0.05, 0) is 66.3 Å². The van der Waals surface area contributed by atoms with Crippen molar-refractivity contribution >= 4 is 21.6 Å². The number of para-hydroxylation sites is 1. The van der Waals surface area contributed by atoms with E-state index >= 15 is 0 Å². The summed E-state index contributed by atoms with van der Waals surface area (Å²) in [6, 6.07) is 30.5. The Morgan fingerprint density at radius 3 is 1.92 bits per heavy atom. The molecule has 4 aromatic carbocycles. The van der Waals surface area contributed by atoms with Gasteiger partial charge in [0.05, 0.1) is 24.5 Å². The molecule has 0 aliphatic carbocycles. The molecule has 0 aromatic heterocycles. The maximum atomic E-state index is 13.3. The molecule has 0 saturated heterocycles. The van der Waals surface area contributed by atoms with Crippen LogP contribution in [0.2, 0.25) is 0 Å². The van der Waals surface area contributed by atoms with Crippen LogP contribution in [0.5, 0.6) is 0 Å². The third-order valence-corrected chi connectivity index (χ3v) is 7.65. The van der Waals surface area contributed by atoms with Gasteiger partial charge in [-0.25, -0.2) is 8.42 Å². The van der Waals surface area contributed by atoms with Crippen LogP contribution in [0, 0.1) is 20.8 Å². The van der Waals surface area contributed by atoms with Crippen LogP contribution in [0.4, 0.5) is 5.69 Å². The smallest absolute Gasteiger partial charge is 0.252 e. The van der Waals surface area contributed by atoms with Crippen molar-refractivity contribution in [3.63, 3.8) is 0 Å². The van der Waals surface area contributed by atoms with Gasteiger partial charge < -0.3 is 5.32 Å². The molecule has 37 heavy (non-hydrogen) atoms. The van der Waals surface area contributed by atoms with E-state index in [1.807, 2.05) is 106 Å². The van der Waals surface area contributed by atoms with E-state index in [1.54, 1.807) is 12.1 Å². The lowest BCUT2D eigenvalue weighted by molar-refractivity contribution is 0.0943. The molecule has 1 amide bonds. The highest BCUT2D eigenvalue weighted by molar-refractivity contribution is 7.92. The largest absolute Gasteiger partial charge is 0.341 e. The Bertz CT molecular complexity index is 1480. The van der Waals surface area contributed by atoms with Crippen molar-refractivity contribution in [2.45, 2.75) is 33.4 Å². The number of anilines is 1. The Kier molecular flexibility index (Phi) is 7.79. The number of hydrogen-bond donors (Lipinski definition) is 1. The van der Waals surface area contributed by atoms with E-state index in [0.29, 0.717) is 11.3 Å². The fourth-order valence-electron chi connectivity index (χ4n) is 4.60. The molecule has 6 heteroatoms. The Balaban J connectivity index is 1.58. The molecule has 0 aliphatic heterocycles. The van der Waals surface area contributed by atoms with Crippen LogP contribution in [0.1, 0.15) is 49.8 Å². The lowest BCUT2D eigenvalue weighted by atomic mass is 9.94. The van der Waals surface area contributed by atoms with E-state index in [2.05, 4.69) is 5.32 Å². The van der Waals surface area contributed by atoms with Crippen molar-refractivity contribution in [3.8, 4) is 0 Å². The van der Waals surface area contributed by atoms with Gasteiger partial charge in [0.2, 0.25) is 10.0 Å². The van der Waals surface area contributed by atoms with Gasteiger partial charge in [0.15, 0.2) is 0 Å². The highest BCUT2D eigenvalue weighted by atomic mass is 32.2. The van der Waals surface area contributed by atoms with Crippen LogP contribution < -0.4 is 9.62 Å². The number of amides is 1. The first kappa shape index (κ1) is 26.2. The summed E-state index contributed by atoms with van der Waals surface area (Å²) in [7, 11) is -3.51. The van der Waals surface area contributed by atoms with E-state index in [4.69, 9.17) is 0 Å². The van der Waals surface area contributed by atoms with Gasteiger partial charge >= 0.3 is 0 Å². The van der Waals surface area contributed by atoms with Crippen LogP contribution >= 0.6 is 0 Å². The second-order valence-corrected chi connectivity index (χ2v) is 11.3. The van der Waals surface area contributed by atoms with Crippen LogP contribution in [0.15, 0.2) is 97.1 Å². The van der Waals surface area contributed by atoms with Gasteiger partial charge in [0.1, 0.15) is 0 Å². The third-order valence-electron chi connectivity index (χ3n) is 6.54. The molecule has 0 saturated carbocycles. The van der Waals surface area contributed by atoms with E-state index in [-0.39, 0.29) is 18.5 Å². The highest BCUT2D eigenvalue weighted by Gasteiger charge is 2.22. The predicted octanol–water partition coefficient (Wildman–Crippen LogP) is 6.10. The Hall–Kier alpha value is -3.90. The minimum atomic E-state index is -3.51. The first-order valence-corrected chi connectivity index (χ1v) is 14.0. The number of aryl methyl sites for hydroxylation is 3. The number of nitrogens with one attached hydrogen (secondary N) is 1. The number of nitrogens with zero attached hydrogens (tertiary/aromatic N) is 1. The maximum absolute atomic E-state index is 13.3. The minimum Gasteiger partial charge on any atom is -0.341 e. The molecule has 0 aliphatic rings. The summed E-state index contributed by atoms with van der Waals surface area (Å²) in [5.41, 5.74) is 6.92. The molecular weight excluding hydrogens is 480 g/mol. The van der Waals surface area contributed by atoms with Crippen molar-refractivity contribution in [1.29, 1.82) is 0 Å². The predicted molar refractivity (Wildman–Crippen MR) is 150 cm³/mol. The second kappa shape index (κ2) is 11.0. The molecule has 0 radical (unpaired) electrons. The van der Waals surface area contributed by atoms with E-state index in [9.17, 15) is 13.2 Å². The molecule has 0 unspecified atom stereocenters. The zero-order chi connectivity index (χ0) is 26.6. The lowest BCUT2D eigenvalue weighted by Gasteiger charge is -2.26. The fourth-order valence-corrected chi connectivity index (χ4v) is 5.60. The minimum absolute atomic E-state index is 0.183. The number of sulfonamides is 1. The molecule has 0 heterocycles. The van der Waals surface area contributed by atoms with E-state index in [1.165, 1.54) is 10.6 Å². The van der Waals surface area contributed by atoms with Crippen molar-refractivity contribution in [3.05, 3.63) is 136 Å². The van der Waals surface area contributed by atoms with Gasteiger partial charge in [-0.1, -0.05) is 84.9 Å². The Morgan fingerprint density at radius 2 is 1.32 bits per heavy atom. The molecule has 1 atom stereocenters. The number of carbonyl (C=O) groups excluding carboxylic acids is 1. The lowest BCUT2D eigenvalue weighted by Crippen LogP contribution is -2.31. The number of rotatable bonds is 8. The third kappa shape index (κ3) is 6.09. The molecule has 5 nitrogen and oxygen atoms in total. The van der Waals surface area contributed by atoms with Crippen LogP contribution in [-0.4, -0.2) is 20.6 Å². The van der Waals surface area contributed by atoms with Crippen molar-refractivity contribution in [2.75, 3.05) is 10.6 Å². The quantitative estimate of drug-likeness (QED) is 0.310. The molecule has 0 fully saturated rings.